The quantitative estimate of drug-likeness (QED) is 0.784. The molecule has 1 aliphatic rings. The second-order valence-electron chi connectivity index (χ2n) is 5.87. The molecule has 106 valence electrons. The summed E-state index contributed by atoms with van der Waals surface area (Å²) < 4.78 is 5.16. The highest BCUT2D eigenvalue weighted by molar-refractivity contribution is 5.79. The zero-order valence-electron chi connectivity index (χ0n) is 12.1. The van der Waals surface area contributed by atoms with Crippen molar-refractivity contribution < 1.29 is 9.53 Å². The van der Waals surface area contributed by atoms with E-state index in [1.54, 1.807) is 7.11 Å². The highest BCUT2D eigenvalue weighted by Crippen LogP contribution is 2.29. The number of rotatable bonds is 5. The van der Waals surface area contributed by atoms with E-state index in [1.165, 1.54) is 0 Å². The van der Waals surface area contributed by atoms with Gasteiger partial charge < -0.3 is 15.8 Å². The van der Waals surface area contributed by atoms with Crippen molar-refractivity contribution in [1.29, 1.82) is 0 Å². The van der Waals surface area contributed by atoms with Crippen molar-refractivity contribution in [3.63, 3.8) is 0 Å². The molecule has 0 spiro atoms. The summed E-state index contributed by atoms with van der Waals surface area (Å²) in [5.41, 5.74) is 6.05. The van der Waals surface area contributed by atoms with Crippen LogP contribution < -0.4 is 11.1 Å². The molecule has 0 aromatic heterocycles. The molecule has 1 saturated carbocycles. The van der Waals surface area contributed by atoms with E-state index in [0.717, 1.165) is 19.3 Å². The Morgan fingerprint density at radius 2 is 2.11 bits per heavy atom. The average molecular weight is 256 g/mol. The molecular weight excluding hydrogens is 228 g/mol. The van der Waals surface area contributed by atoms with E-state index in [0.29, 0.717) is 12.5 Å². The van der Waals surface area contributed by atoms with Gasteiger partial charge in [-0.1, -0.05) is 27.2 Å². The highest BCUT2D eigenvalue weighted by Gasteiger charge is 2.33. The Morgan fingerprint density at radius 1 is 1.44 bits per heavy atom. The third-order valence-corrected chi connectivity index (χ3v) is 4.18. The fourth-order valence-electron chi connectivity index (χ4n) is 2.64. The first-order valence-corrected chi connectivity index (χ1v) is 7.02. The fourth-order valence-corrected chi connectivity index (χ4v) is 2.64. The Balaban J connectivity index is 2.57. The number of amides is 1. The minimum Gasteiger partial charge on any atom is -0.383 e. The van der Waals surface area contributed by atoms with Crippen LogP contribution in [-0.4, -0.2) is 31.7 Å². The Bertz CT molecular complexity index is 269. The van der Waals surface area contributed by atoms with Crippen molar-refractivity contribution >= 4 is 5.91 Å². The van der Waals surface area contributed by atoms with Crippen molar-refractivity contribution in [1.82, 2.24) is 5.32 Å². The van der Waals surface area contributed by atoms with Crippen LogP contribution in [-0.2, 0) is 9.53 Å². The largest absolute Gasteiger partial charge is 0.383 e. The fraction of sp³-hybridized carbons (Fsp3) is 0.929. The summed E-state index contributed by atoms with van der Waals surface area (Å²) in [6, 6.07) is 0.252. The molecule has 0 aliphatic heterocycles. The number of nitrogens with two attached hydrogens (primary N) is 1. The molecule has 18 heavy (non-hydrogen) atoms. The molecule has 0 heterocycles. The molecule has 0 aromatic carbocycles. The van der Waals surface area contributed by atoms with Crippen molar-refractivity contribution in [2.45, 2.75) is 52.1 Å². The molecule has 1 amide bonds. The number of hydrogen-bond donors (Lipinski definition) is 2. The average Bonchev–Trinajstić information content (AvgIpc) is 2.31. The predicted octanol–water partition coefficient (Wildman–Crippen LogP) is 1.54. The molecule has 0 saturated heterocycles. The molecule has 3 N–H and O–H groups in total. The van der Waals surface area contributed by atoms with Crippen LogP contribution in [0.3, 0.4) is 0 Å². The molecule has 4 unspecified atom stereocenters. The van der Waals surface area contributed by atoms with Gasteiger partial charge in [0.1, 0.15) is 0 Å². The molecule has 0 aromatic rings. The number of carbonyl (C=O) groups is 1. The van der Waals surface area contributed by atoms with Crippen molar-refractivity contribution in [3.8, 4) is 0 Å². The number of carbonyl (C=O) groups excluding carboxylic acids is 1. The smallest absolute Gasteiger partial charge is 0.223 e. The van der Waals surface area contributed by atoms with Crippen LogP contribution in [0.15, 0.2) is 0 Å². The van der Waals surface area contributed by atoms with Gasteiger partial charge in [-0.15, -0.1) is 0 Å². The first kappa shape index (κ1) is 15.4. The topological polar surface area (TPSA) is 64.3 Å². The van der Waals surface area contributed by atoms with E-state index < -0.39 is 0 Å². The predicted molar refractivity (Wildman–Crippen MR) is 73.1 cm³/mol. The first-order chi connectivity index (χ1) is 8.47. The number of methoxy groups -OCH3 is 1. The minimum atomic E-state index is 0.0619. The molecule has 1 fully saturated rings. The van der Waals surface area contributed by atoms with E-state index in [-0.39, 0.29) is 29.8 Å². The van der Waals surface area contributed by atoms with Gasteiger partial charge in [0.2, 0.25) is 5.91 Å². The summed E-state index contributed by atoms with van der Waals surface area (Å²) in [7, 11) is 1.67. The third-order valence-electron chi connectivity index (χ3n) is 4.18. The van der Waals surface area contributed by atoms with Crippen LogP contribution in [0.5, 0.6) is 0 Å². The Labute approximate surface area is 111 Å². The van der Waals surface area contributed by atoms with Crippen LogP contribution in [0.2, 0.25) is 0 Å². The number of nitrogens with one attached hydrogen (secondary N) is 1. The van der Waals surface area contributed by atoms with Gasteiger partial charge in [0, 0.05) is 19.1 Å². The first-order valence-electron chi connectivity index (χ1n) is 7.02. The summed E-state index contributed by atoms with van der Waals surface area (Å²) in [5.74, 6) is 0.857. The third kappa shape index (κ3) is 3.95. The molecule has 0 bridgehead atoms. The maximum Gasteiger partial charge on any atom is 0.223 e. The van der Waals surface area contributed by atoms with Gasteiger partial charge in [-0.2, -0.15) is 0 Å². The van der Waals surface area contributed by atoms with Gasteiger partial charge in [0.15, 0.2) is 0 Å². The standard InChI is InChI=1S/C14H28N2O2/c1-9(2)13(8-18-4)16-14(17)11-6-5-7-12(15)10(11)3/h9-13H,5-8,15H2,1-4H3,(H,16,17). The highest BCUT2D eigenvalue weighted by atomic mass is 16.5. The lowest BCUT2D eigenvalue weighted by molar-refractivity contribution is -0.129. The lowest BCUT2D eigenvalue weighted by Gasteiger charge is -2.34. The van der Waals surface area contributed by atoms with E-state index in [1.807, 2.05) is 0 Å². The molecule has 1 aliphatic carbocycles. The van der Waals surface area contributed by atoms with Crippen molar-refractivity contribution in [2.75, 3.05) is 13.7 Å². The van der Waals surface area contributed by atoms with Gasteiger partial charge in [0.05, 0.1) is 12.6 Å². The minimum absolute atomic E-state index is 0.0619. The molecule has 4 atom stereocenters. The Hall–Kier alpha value is -0.610. The second-order valence-corrected chi connectivity index (χ2v) is 5.87. The summed E-state index contributed by atoms with van der Waals surface area (Å²) in [6.45, 7) is 6.85. The van der Waals surface area contributed by atoms with Gasteiger partial charge >= 0.3 is 0 Å². The van der Waals surface area contributed by atoms with Gasteiger partial charge in [-0.25, -0.2) is 0 Å². The van der Waals surface area contributed by atoms with Crippen molar-refractivity contribution in [3.05, 3.63) is 0 Å². The van der Waals surface area contributed by atoms with E-state index in [2.05, 4.69) is 26.1 Å². The summed E-state index contributed by atoms with van der Waals surface area (Å²) in [5, 5.41) is 3.12. The SMILES string of the molecule is COCC(NC(=O)C1CCCC(N)C1C)C(C)C. The van der Waals surface area contributed by atoms with Gasteiger partial charge in [0.25, 0.3) is 0 Å². The number of hydrogen-bond acceptors (Lipinski definition) is 3. The van der Waals surface area contributed by atoms with Gasteiger partial charge in [-0.3, -0.25) is 4.79 Å². The normalized spacial score (nSPS) is 30.2. The summed E-state index contributed by atoms with van der Waals surface area (Å²) in [6.07, 6.45) is 3.05. The summed E-state index contributed by atoms with van der Waals surface area (Å²) in [4.78, 5) is 12.3. The zero-order chi connectivity index (χ0) is 13.7. The second kappa shape index (κ2) is 7.10. The molecule has 4 nitrogen and oxygen atoms in total. The Morgan fingerprint density at radius 3 is 2.67 bits per heavy atom. The lowest BCUT2D eigenvalue weighted by Crippen LogP contribution is -2.49. The van der Waals surface area contributed by atoms with E-state index >= 15 is 0 Å². The van der Waals surface area contributed by atoms with Gasteiger partial charge in [-0.05, 0) is 24.7 Å². The van der Waals surface area contributed by atoms with Crippen LogP contribution in [0.4, 0.5) is 0 Å². The Kier molecular flexibility index (Phi) is 6.09. The molecule has 1 rings (SSSR count). The van der Waals surface area contributed by atoms with E-state index in [4.69, 9.17) is 10.5 Å². The molecule has 0 radical (unpaired) electrons. The zero-order valence-corrected chi connectivity index (χ0v) is 12.1. The van der Waals surface area contributed by atoms with Crippen LogP contribution >= 0.6 is 0 Å². The van der Waals surface area contributed by atoms with Crippen molar-refractivity contribution in [2.24, 2.45) is 23.5 Å². The molecule has 4 heteroatoms. The monoisotopic (exact) mass is 256 g/mol. The lowest BCUT2D eigenvalue weighted by atomic mass is 9.76. The maximum absolute atomic E-state index is 12.3. The maximum atomic E-state index is 12.3. The molecular formula is C14H28N2O2. The summed E-state index contributed by atoms with van der Waals surface area (Å²) >= 11 is 0. The van der Waals surface area contributed by atoms with Crippen LogP contribution in [0, 0.1) is 17.8 Å². The van der Waals surface area contributed by atoms with Crippen LogP contribution in [0.1, 0.15) is 40.0 Å². The number of ether oxygens (including phenoxy) is 1. The van der Waals surface area contributed by atoms with Crippen LogP contribution in [0.25, 0.3) is 0 Å². The van der Waals surface area contributed by atoms with E-state index in [9.17, 15) is 4.79 Å².